The molecule has 0 spiro atoms. The van der Waals surface area contributed by atoms with E-state index in [-0.39, 0.29) is 11.8 Å². The molecule has 3 amide bonds. The minimum atomic E-state index is -0.934. The lowest BCUT2D eigenvalue weighted by Crippen LogP contribution is -2.49. The van der Waals surface area contributed by atoms with Gasteiger partial charge < -0.3 is 20.1 Å². The first-order chi connectivity index (χ1) is 16.1. The van der Waals surface area contributed by atoms with Gasteiger partial charge in [-0.15, -0.1) is 0 Å². The van der Waals surface area contributed by atoms with Crippen molar-refractivity contribution in [2.75, 3.05) is 19.0 Å². The Morgan fingerprint density at radius 3 is 2.26 bits per heavy atom. The fraction of sp³-hybridized carbons (Fsp3) is 0.423. The summed E-state index contributed by atoms with van der Waals surface area (Å²) >= 11 is 0. The second-order valence-electron chi connectivity index (χ2n) is 9.40. The van der Waals surface area contributed by atoms with Crippen LogP contribution in [0, 0.1) is 6.92 Å². The molecule has 0 saturated carbocycles. The number of likely N-dealkylation sites (tertiary alicyclic amines) is 1. The lowest BCUT2D eigenvalue weighted by Gasteiger charge is -2.29. The molecule has 3 rings (SSSR count). The average Bonchev–Trinajstić information content (AvgIpc) is 3.28. The highest BCUT2D eigenvalue weighted by molar-refractivity contribution is 5.99. The molecule has 8 nitrogen and oxygen atoms in total. The molecule has 0 unspecified atom stereocenters. The Morgan fingerprint density at radius 1 is 1.03 bits per heavy atom. The van der Waals surface area contributed by atoms with Gasteiger partial charge in [0, 0.05) is 12.2 Å². The predicted molar refractivity (Wildman–Crippen MR) is 130 cm³/mol. The van der Waals surface area contributed by atoms with E-state index in [1.165, 1.54) is 4.90 Å². The Bertz CT molecular complexity index is 1010. The molecule has 1 aliphatic rings. The maximum atomic E-state index is 13.3. The molecule has 2 N–H and O–H groups in total. The number of nitrogens with zero attached hydrogens (tertiary/aromatic N) is 1. The molecule has 0 aliphatic carbocycles. The Morgan fingerprint density at radius 2 is 1.68 bits per heavy atom. The Hall–Kier alpha value is -3.55. The molecule has 2 aromatic rings. The van der Waals surface area contributed by atoms with Gasteiger partial charge in [0.05, 0.1) is 7.11 Å². The minimum Gasteiger partial charge on any atom is -0.497 e. The number of amides is 3. The van der Waals surface area contributed by atoms with Crippen LogP contribution in [0.15, 0.2) is 48.5 Å². The van der Waals surface area contributed by atoms with Gasteiger partial charge in [0.1, 0.15) is 23.4 Å². The molecule has 1 aliphatic heterocycles. The third-order valence-corrected chi connectivity index (χ3v) is 5.50. The van der Waals surface area contributed by atoms with Crippen LogP contribution in [0.25, 0.3) is 0 Å². The summed E-state index contributed by atoms with van der Waals surface area (Å²) in [6.45, 7) is 7.74. The van der Waals surface area contributed by atoms with Crippen LogP contribution >= 0.6 is 0 Å². The van der Waals surface area contributed by atoms with Gasteiger partial charge in [0.2, 0.25) is 5.91 Å². The Balaban J connectivity index is 1.79. The smallest absolute Gasteiger partial charge is 0.410 e. The average molecular weight is 468 g/mol. The van der Waals surface area contributed by atoms with Crippen molar-refractivity contribution in [3.8, 4) is 5.75 Å². The first kappa shape index (κ1) is 25.1. The molecule has 8 heteroatoms. The van der Waals surface area contributed by atoms with Crippen molar-refractivity contribution in [1.82, 2.24) is 10.2 Å². The number of hydrogen-bond donors (Lipinski definition) is 2. The number of nitrogens with one attached hydrogen (secondary N) is 2. The lowest BCUT2D eigenvalue weighted by atomic mass is 10.0. The second-order valence-corrected chi connectivity index (χ2v) is 9.40. The third-order valence-electron chi connectivity index (χ3n) is 5.50. The molecule has 1 fully saturated rings. The fourth-order valence-corrected chi connectivity index (χ4v) is 3.76. The van der Waals surface area contributed by atoms with Gasteiger partial charge in [0.15, 0.2) is 0 Å². The minimum absolute atomic E-state index is 0.385. The number of aryl methyl sites for hydroxylation is 1. The number of anilines is 1. The first-order valence-electron chi connectivity index (χ1n) is 11.4. The second kappa shape index (κ2) is 10.6. The molecule has 2 atom stereocenters. The standard InChI is InChI=1S/C26H33N3O5/c1-17-8-10-18(11-9-17)22(24(31)27-19-12-14-20(33-5)15-13-19)28-23(30)21-7-6-16-29(21)25(32)34-26(2,3)4/h8-15,21-22H,6-7,16H2,1-5H3,(H,27,31)(H,28,30)/t21-,22+/m0/s1. The maximum Gasteiger partial charge on any atom is 0.410 e. The highest BCUT2D eigenvalue weighted by atomic mass is 16.6. The van der Waals surface area contributed by atoms with E-state index in [0.29, 0.717) is 36.4 Å². The summed E-state index contributed by atoms with van der Waals surface area (Å²) < 4.78 is 10.6. The number of rotatable bonds is 6. The quantitative estimate of drug-likeness (QED) is 0.664. The molecular weight excluding hydrogens is 434 g/mol. The van der Waals surface area contributed by atoms with Crippen molar-refractivity contribution in [2.24, 2.45) is 0 Å². The summed E-state index contributed by atoms with van der Waals surface area (Å²) in [6.07, 6.45) is 0.663. The van der Waals surface area contributed by atoms with E-state index < -0.39 is 23.8 Å². The van der Waals surface area contributed by atoms with Crippen molar-refractivity contribution < 1.29 is 23.9 Å². The van der Waals surface area contributed by atoms with E-state index >= 15 is 0 Å². The molecule has 34 heavy (non-hydrogen) atoms. The topological polar surface area (TPSA) is 97.0 Å². The van der Waals surface area contributed by atoms with Crippen molar-refractivity contribution in [1.29, 1.82) is 0 Å². The highest BCUT2D eigenvalue weighted by Gasteiger charge is 2.38. The zero-order chi connectivity index (χ0) is 24.9. The zero-order valence-electron chi connectivity index (χ0n) is 20.4. The monoisotopic (exact) mass is 467 g/mol. The molecular formula is C26H33N3O5. The third kappa shape index (κ3) is 6.50. The van der Waals surface area contributed by atoms with Crippen LogP contribution < -0.4 is 15.4 Å². The molecule has 0 radical (unpaired) electrons. The van der Waals surface area contributed by atoms with Crippen LogP contribution in [-0.2, 0) is 14.3 Å². The highest BCUT2D eigenvalue weighted by Crippen LogP contribution is 2.24. The zero-order valence-corrected chi connectivity index (χ0v) is 20.4. The van der Waals surface area contributed by atoms with Crippen LogP contribution in [0.2, 0.25) is 0 Å². The lowest BCUT2D eigenvalue weighted by molar-refractivity contribution is -0.129. The number of methoxy groups -OCH3 is 1. The van der Waals surface area contributed by atoms with Gasteiger partial charge >= 0.3 is 6.09 Å². The molecule has 0 bridgehead atoms. The van der Waals surface area contributed by atoms with E-state index in [1.807, 2.05) is 31.2 Å². The largest absolute Gasteiger partial charge is 0.497 e. The number of hydrogen-bond acceptors (Lipinski definition) is 5. The van der Waals surface area contributed by atoms with Crippen molar-refractivity contribution in [3.05, 3.63) is 59.7 Å². The van der Waals surface area contributed by atoms with Crippen molar-refractivity contribution in [3.63, 3.8) is 0 Å². The number of benzene rings is 2. The van der Waals surface area contributed by atoms with E-state index in [4.69, 9.17) is 9.47 Å². The van der Waals surface area contributed by atoms with E-state index in [0.717, 1.165) is 5.56 Å². The predicted octanol–water partition coefficient (Wildman–Crippen LogP) is 4.20. The maximum absolute atomic E-state index is 13.3. The normalized spacial score (nSPS) is 16.5. The number of carbonyl (C=O) groups is 3. The summed E-state index contributed by atoms with van der Waals surface area (Å²) in [5, 5.41) is 5.71. The molecule has 1 heterocycles. The molecule has 2 aromatic carbocycles. The van der Waals surface area contributed by atoms with Gasteiger partial charge in [-0.3, -0.25) is 14.5 Å². The van der Waals surface area contributed by atoms with E-state index in [1.54, 1.807) is 52.1 Å². The van der Waals surface area contributed by atoms with Gasteiger partial charge in [-0.05, 0) is 70.4 Å². The Kier molecular flexibility index (Phi) is 7.81. The van der Waals surface area contributed by atoms with Crippen molar-refractivity contribution >= 4 is 23.6 Å². The fourth-order valence-electron chi connectivity index (χ4n) is 3.76. The van der Waals surface area contributed by atoms with Gasteiger partial charge in [-0.2, -0.15) is 0 Å². The van der Waals surface area contributed by atoms with Gasteiger partial charge in [0.25, 0.3) is 5.91 Å². The molecule has 182 valence electrons. The number of carbonyl (C=O) groups excluding carboxylic acids is 3. The van der Waals surface area contributed by atoms with E-state index in [2.05, 4.69) is 10.6 Å². The van der Waals surface area contributed by atoms with Crippen LogP contribution in [-0.4, -0.2) is 48.1 Å². The summed E-state index contributed by atoms with van der Waals surface area (Å²) in [5.41, 5.74) is 1.60. The van der Waals surface area contributed by atoms with Gasteiger partial charge in [-0.1, -0.05) is 29.8 Å². The van der Waals surface area contributed by atoms with Crippen LogP contribution in [0.3, 0.4) is 0 Å². The number of ether oxygens (including phenoxy) is 2. The van der Waals surface area contributed by atoms with Crippen LogP contribution in [0.4, 0.5) is 10.5 Å². The molecule has 1 saturated heterocycles. The summed E-state index contributed by atoms with van der Waals surface area (Å²) in [7, 11) is 1.57. The van der Waals surface area contributed by atoms with Crippen molar-refractivity contribution in [2.45, 2.75) is 58.2 Å². The van der Waals surface area contributed by atoms with Crippen LogP contribution in [0.1, 0.15) is 50.8 Å². The Labute approximate surface area is 200 Å². The first-order valence-corrected chi connectivity index (χ1v) is 11.4. The van der Waals surface area contributed by atoms with Gasteiger partial charge in [-0.25, -0.2) is 4.79 Å². The molecule has 0 aromatic heterocycles. The van der Waals surface area contributed by atoms with E-state index in [9.17, 15) is 14.4 Å². The SMILES string of the molecule is COc1ccc(NC(=O)[C@H](NC(=O)[C@@H]2CCCN2C(=O)OC(C)(C)C)c2ccc(C)cc2)cc1. The summed E-state index contributed by atoms with van der Waals surface area (Å²) in [6, 6.07) is 12.7. The summed E-state index contributed by atoms with van der Waals surface area (Å²) in [5.74, 6) is -0.104. The summed E-state index contributed by atoms with van der Waals surface area (Å²) in [4.78, 5) is 40.6. The van der Waals surface area contributed by atoms with Crippen LogP contribution in [0.5, 0.6) is 5.75 Å².